The second-order valence-corrected chi connectivity index (χ2v) is 7.41. The first-order chi connectivity index (χ1) is 8.34. The third kappa shape index (κ3) is 3.53. The molecule has 2 heterocycles. The van der Waals surface area contributed by atoms with Crippen LogP contribution in [0, 0.1) is 0 Å². The first-order valence-electron chi connectivity index (χ1n) is 6.78. The molecule has 0 saturated carbocycles. The fourth-order valence-corrected chi connectivity index (χ4v) is 3.42. The van der Waals surface area contributed by atoms with E-state index < -0.39 is 0 Å². The number of nitrogens with one attached hydrogen (secondary N) is 1. The largest absolute Gasteiger partial charge is 0.309 e. The Hall–Kier alpha value is -0.450. The quantitative estimate of drug-likeness (QED) is 0.893. The van der Waals surface area contributed by atoms with Gasteiger partial charge in [-0.2, -0.15) is 0 Å². The zero-order valence-corrected chi connectivity index (χ0v) is 13.0. The maximum atomic E-state index is 4.78. The summed E-state index contributed by atoms with van der Waals surface area (Å²) in [6.07, 6.45) is 0. The Balaban J connectivity index is 1.99. The molecule has 2 unspecified atom stereocenters. The van der Waals surface area contributed by atoms with E-state index in [0.29, 0.717) is 12.1 Å². The van der Waals surface area contributed by atoms with Crippen molar-refractivity contribution in [2.24, 2.45) is 0 Å². The lowest BCUT2D eigenvalue weighted by molar-refractivity contribution is 0.165. The molecule has 0 bridgehead atoms. The summed E-state index contributed by atoms with van der Waals surface area (Å²) in [5, 5.41) is 7.03. The third-order valence-corrected chi connectivity index (χ3v) is 4.53. The molecule has 1 aliphatic heterocycles. The highest BCUT2D eigenvalue weighted by molar-refractivity contribution is 7.09. The molecule has 3 nitrogen and oxygen atoms in total. The first kappa shape index (κ1) is 14.0. The summed E-state index contributed by atoms with van der Waals surface area (Å²) in [6.45, 7) is 14.4. The number of thiazole rings is 1. The fourth-order valence-electron chi connectivity index (χ4n) is 2.52. The normalized spacial score (nSPS) is 26.5. The molecule has 0 amide bonds. The minimum absolute atomic E-state index is 0.174. The Bertz CT molecular complexity index is 384. The highest BCUT2D eigenvalue weighted by Crippen LogP contribution is 2.26. The van der Waals surface area contributed by atoms with Gasteiger partial charge in [-0.25, -0.2) is 4.98 Å². The van der Waals surface area contributed by atoms with E-state index in [4.69, 9.17) is 4.98 Å². The van der Waals surface area contributed by atoms with Gasteiger partial charge in [0.15, 0.2) is 0 Å². The Morgan fingerprint density at radius 3 is 2.44 bits per heavy atom. The number of aromatic nitrogens is 1. The average Bonchev–Trinajstić information content (AvgIpc) is 2.63. The summed E-state index contributed by atoms with van der Waals surface area (Å²) in [5.41, 5.74) is 1.40. The van der Waals surface area contributed by atoms with Crippen molar-refractivity contribution in [2.75, 3.05) is 13.1 Å². The van der Waals surface area contributed by atoms with Gasteiger partial charge in [-0.1, -0.05) is 20.8 Å². The molecule has 2 rings (SSSR count). The Labute approximate surface area is 115 Å². The average molecular weight is 267 g/mol. The fraction of sp³-hybridized carbons (Fsp3) is 0.786. The monoisotopic (exact) mass is 267 g/mol. The minimum Gasteiger partial charge on any atom is -0.309 e. The predicted octanol–water partition coefficient (Wildman–Crippen LogP) is 2.62. The van der Waals surface area contributed by atoms with Gasteiger partial charge in [0, 0.05) is 42.5 Å². The van der Waals surface area contributed by atoms with Gasteiger partial charge in [0.2, 0.25) is 0 Å². The number of hydrogen-bond donors (Lipinski definition) is 1. The highest BCUT2D eigenvalue weighted by Gasteiger charge is 2.23. The van der Waals surface area contributed by atoms with Crippen LogP contribution in [0.3, 0.4) is 0 Å². The SMILES string of the molecule is CC1CN(Cc2csc(C(C)(C)C)n2)CC(C)N1. The smallest absolute Gasteiger partial charge is 0.0982 e. The van der Waals surface area contributed by atoms with Crippen molar-refractivity contribution >= 4 is 11.3 Å². The van der Waals surface area contributed by atoms with Crippen molar-refractivity contribution < 1.29 is 0 Å². The molecule has 102 valence electrons. The van der Waals surface area contributed by atoms with Gasteiger partial charge < -0.3 is 5.32 Å². The molecule has 0 aliphatic carbocycles. The van der Waals surface area contributed by atoms with Crippen LogP contribution in [0.2, 0.25) is 0 Å². The number of rotatable bonds is 2. The van der Waals surface area contributed by atoms with Crippen molar-refractivity contribution in [2.45, 2.75) is 58.7 Å². The number of hydrogen-bond acceptors (Lipinski definition) is 4. The van der Waals surface area contributed by atoms with Gasteiger partial charge in [-0.15, -0.1) is 11.3 Å². The zero-order chi connectivity index (χ0) is 13.3. The maximum absolute atomic E-state index is 4.78. The van der Waals surface area contributed by atoms with E-state index in [9.17, 15) is 0 Å². The molecule has 0 aromatic carbocycles. The van der Waals surface area contributed by atoms with Gasteiger partial charge in [0.25, 0.3) is 0 Å². The van der Waals surface area contributed by atoms with E-state index >= 15 is 0 Å². The molecule has 1 saturated heterocycles. The molecule has 1 fully saturated rings. The Morgan fingerprint density at radius 1 is 1.33 bits per heavy atom. The summed E-state index contributed by atoms with van der Waals surface area (Å²) in [7, 11) is 0. The van der Waals surface area contributed by atoms with E-state index in [1.165, 1.54) is 10.7 Å². The van der Waals surface area contributed by atoms with Gasteiger partial charge in [0.1, 0.15) is 0 Å². The third-order valence-electron chi connectivity index (χ3n) is 3.21. The molecule has 18 heavy (non-hydrogen) atoms. The van der Waals surface area contributed by atoms with Crippen LogP contribution in [0.15, 0.2) is 5.38 Å². The lowest BCUT2D eigenvalue weighted by Gasteiger charge is -2.35. The number of piperazine rings is 1. The maximum Gasteiger partial charge on any atom is 0.0982 e. The summed E-state index contributed by atoms with van der Waals surface area (Å²) in [6, 6.07) is 1.16. The van der Waals surface area contributed by atoms with Gasteiger partial charge >= 0.3 is 0 Å². The van der Waals surface area contributed by atoms with E-state index in [1.807, 2.05) is 0 Å². The predicted molar refractivity (Wildman–Crippen MR) is 78.2 cm³/mol. The molecule has 1 aliphatic rings. The van der Waals surface area contributed by atoms with Crippen LogP contribution in [0.1, 0.15) is 45.3 Å². The van der Waals surface area contributed by atoms with Crippen LogP contribution in [0.5, 0.6) is 0 Å². The second-order valence-electron chi connectivity index (χ2n) is 6.56. The summed E-state index contributed by atoms with van der Waals surface area (Å²) < 4.78 is 0. The molecular formula is C14H25N3S. The lowest BCUT2D eigenvalue weighted by Crippen LogP contribution is -2.53. The van der Waals surface area contributed by atoms with Crippen LogP contribution in [-0.4, -0.2) is 35.1 Å². The standard InChI is InChI=1S/C14H25N3S/c1-10-6-17(7-11(2)15-10)8-12-9-18-13(16-12)14(3,4)5/h9-11,15H,6-8H2,1-5H3. The van der Waals surface area contributed by atoms with Gasteiger partial charge in [-0.3, -0.25) is 4.90 Å². The van der Waals surface area contributed by atoms with Gasteiger partial charge in [0.05, 0.1) is 10.7 Å². The molecule has 1 aromatic rings. The van der Waals surface area contributed by atoms with Crippen LogP contribution in [-0.2, 0) is 12.0 Å². The van der Waals surface area contributed by atoms with Crippen molar-refractivity contribution in [1.29, 1.82) is 0 Å². The number of nitrogens with zero attached hydrogens (tertiary/aromatic N) is 2. The summed E-state index contributed by atoms with van der Waals surface area (Å²) in [5.74, 6) is 0. The molecular weight excluding hydrogens is 242 g/mol. The van der Waals surface area contributed by atoms with Crippen molar-refractivity contribution in [3.8, 4) is 0 Å². The second kappa shape index (κ2) is 5.27. The Kier molecular flexibility index (Phi) is 4.09. The summed E-state index contributed by atoms with van der Waals surface area (Å²) in [4.78, 5) is 7.29. The Morgan fingerprint density at radius 2 is 1.94 bits per heavy atom. The van der Waals surface area contributed by atoms with Crippen molar-refractivity contribution in [1.82, 2.24) is 15.2 Å². The lowest BCUT2D eigenvalue weighted by atomic mass is 9.98. The molecule has 1 N–H and O–H groups in total. The van der Waals surface area contributed by atoms with Crippen LogP contribution < -0.4 is 5.32 Å². The molecule has 0 spiro atoms. The molecule has 2 atom stereocenters. The van der Waals surface area contributed by atoms with E-state index in [0.717, 1.165) is 19.6 Å². The summed E-state index contributed by atoms with van der Waals surface area (Å²) >= 11 is 1.79. The zero-order valence-electron chi connectivity index (χ0n) is 12.2. The minimum atomic E-state index is 0.174. The highest BCUT2D eigenvalue weighted by atomic mass is 32.1. The topological polar surface area (TPSA) is 28.2 Å². The van der Waals surface area contributed by atoms with E-state index in [-0.39, 0.29) is 5.41 Å². The molecule has 0 radical (unpaired) electrons. The first-order valence-corrected chi connectivity index (χ1v) is 7.66. The van der Waals surface area contributed by atoms with Crippen molar-refractivity contribution in [3.63, 3.8) is 0 Å². The van der Waals surface area contributed by atoms with E-state index in [1.54, 1.807) is 11.3 Å². The molecule has 1 aromatic heterocycles. The van der Waals surface area contributed by atoms with Crippen LogP contribution >= 0.6 is 11.3 Å². The molecule has 4 heteroatoms. The van der Waals surface area contributed by atoms with Crippen molar-refractivity contribution in [3.05, 3.63) is 16.1 Å². The van der Waals surface area contributed by atoms with Crippen LogP contribution in [0.25, 0.3) is 0 Å². The van der Waals surface area contributed by atoms with Crippen LogP contribution in [0.4, 0.5) is 0 Å². The van der Waals surface area contributed by atoms with E-state index in [2.05, 4.69) is 50.2 Å². The van der Waals surface area contributed by atoms with Gasteiger partial charge in [-0.05, 0) is 13.8 Å².